The molecule has 71 valence electrons. The summed E-state index contributed by atoms with van der Waals surface area (Å²) < 4.78 is 0. The van der Waals surface area contributed by atoms with Gasteiger partial charge in [0.25, 0.3) is 0 Å². The standard InChI is InChI=1S/C5H11NO3S.Cu/c1-10-3-2-4(6-9)5(7)8;/h4,6,9H,2-3H2,1H3,(H,7,8);. The zero-order valence-electron chi connectivity index (χ0n) is 6.00. The molecule has 0 aromatic carbocycles. The van der Waals surface area contributed by atoms with Gasteiger partial charge in [-0.15, -0.1) is 0 Å². The van der Waals surface area contributed by atoms with Crippen LogP contribution in [0.25, 0.3) is 0 Å². The summed E-state index contributed by atoms with van der Waals surface area (Å²) in [5, 5.41) is 16.7. The van der Waals surface area contributed by atoms with Crippen LogP contribution in [-0.2, 0) is 21.9 Å². The average Bonchev–Trinajstić information content (AvgIpc) is 1.89. The Morgan fingerprint density at radius 3 is 2.55 bits per heavy atom. The van der Waals surface area contributed by atoms with Gasteiger partial charge < -0.3 is 10.3 Å². The van der Waals surface area contributed by atoms with Crippen LogP contribution in [0.5, 0.6) is 0 Å². The Balaban J connectivity index is 0. The average molecular weight is 229 g/mol. The zero-order valence-corrected chi connectivity index (χ0v) is 7.76. The van der Waals surface area contributed by atoms with E-state index in [9.17, 15) is 4.79 Å². The van der Waals surface area contributed by atoms with Gasteiger partial charge in [0.2, 0.25) is 0 Å². The van der Waals surface area contributed by atoms with Crippen LogP contribution in [0.1, 0.15) is 6.42 Å². The van der Waals surface area contributed by atoms with Crippen molar-refractivity contribution in [1.29, 1.82) is 0 Å². The molecule has 0 spiro atoms. The van der Waals surface area contributed by atoms with Gasteiger partial charge in [-0.1, -0.05) is 0 Å². The van der Waals surface area contributed by atoms with E-state index in [4.69, 9.17) is 10.3 Å². The third-order valence-electron chi connectivity index (χ3n) is 1.06. The van der Waals surface area contributed by atoms with Crippen molar-refractivity contribution in [2.24, 2.45) is 0 Å². The van der Waals surface area contributed by atoms with Crippen molar-refractivity contribution in [3.63, 3.8) is 0 Å². The topological polar surface area (TPSA) is 69.6 Å². The van der Waals surface area contributed by atoms with Crippen LogP contribution < -0.4 is 5.48 Å². The Kier molecular flexibility index (Phi) is 10.5. The first kappa shape index (κ1) is 13.8. The van der Waals surface area contributed by atoms with Crippen molar-refractivity contribution in [1.82, 2.24) is 5.48 Å². The molecule has 0 heterocycles. The first-order chi connectivity index (χ1) is 4.72. The van der Waals surface area contributed by atoms with E-state index >= 15 is 0 Å². The molecule has 1 atom stereocenters. The molecule has 0 saturated carbocycles. The fourth-order valence-corrected chi connectivity index (χ4v) is 0.950. The monoisotopic (exact) mass is 228 g/mol. The summed E-state index contributed by atoms with van der Waals surface area (Å²) in [4.78, 5) is 10.2. The van der Waals surface area contributed by atoms with Gasteiger partial charge >= 0.3 is 5.97 Å². The third-order valence-corrected chi connectivity index (χ3v) is 1.71. The molecule has 0 aliphatic carbocycles. The summed E-state index contributed by atoms with van der Waals surface area (Å²) >= 11 is 1.55. The minimum atomic E-state index is -1.02. The number of hydrogen-bond acceptors (Lipinski definition) is 4. The number of carbonyl (C=O) groups is 1. The molecular weight excluding hydrogens is 218 g/mol. The number of nitrogens with one attached hydrogen (secondary N) is 1. The molecule has 0 aromatic heterocycles. The van der Waals surface area contributed by atoms with Crippen LogP contribution in [0, 0.1) is 0 Å². The fourth-order valence-electron chi connectivity index (χ4n) is 0.479. The van der Waals surface area contributed by atoms with Gasteiger partial charge in [0, 0.05) is 17.1 Å². The van der Waals surface area contributed by atoms with E-state index in [0.717, 1.165) is 5.75 Å². The molecule has 4 nitrogen and oxygen atoms in total. The van der Waals surface area contributed by atoms with Crippen molar-refractivity contribution in [3.8, 4) is 0 Å². The van der Waals surface area contributed by atoms with E-state index in [-0.39, 0.29) is 17.1 Å². The second-order valence-corrected chi connectivity index (χ2v) is 2.79. The Morgan fingerprint density at radius 2 is 2.27 bits per heavy atom. The summed E-state index contributed by atoms with van der Waals surface area (Å²) in [6, 6.07) is -0.826. The summed E-state index contributed by atoms with van der Waals surface area (Å²) in [5.41, 5.74) is 1.72. The predicted molar refractivity (Wildman–Crippen MR) is 39.3 cm³/mol. The Labute approximate surface area is 80.2 Å². The van der Waals surface area contributed by atoms with Crippen LogP contribution in [0.15, 0.2) is 0 Å². The van der Waals surface area contributed by atoms with Gasteiger partial charge in [-0.2, -0.15) is 17.2 Å². The van der Waals surface area contributed by atoms with Gasteiger partial charge in [-0.3, -0.25) is 4.79 Å². The summed E-state index contributed by atoms with van der Waals surface area (Å²) in [7, 11) is 0. The molecule has 0 aliphatic rings. The van der Waals surface area contributed by atoms with Crippen LogP contribution in [0.2, 0.25) is 0 Å². The predicted octanol–water partition coefficient (Wildman–Crippen LogP) is 0.169. The van der Waals surface area contributed by atoms with E-state index in [1.807, 2.05) is 6.26 Å². The Bertz CT molecular complexity index is 114. The second kappa shape index (κ2) is 8.36. The van der Waals surface area contributed by atoms with E-state index in [2.05, 4.69) is 0 Å². The number of thioether (sulfide) groups is 1. The molecule has 1 radical (unpaired) electrons. The number of hydroxylamine groups is 1. The fraction of sp³-hybridized carbons (Fsp3) is 0.800. The van der Waals surface area contributed by atoms with E-state index in [1.54, 1.807) is 17.2 Å². The van der Waals surface area contributed by atoms with E-state index in [1.165, 1.54) is 0 Å². The summed E-state index contributed by atoms with van der Waals surface area (Å²) in [6.07, 6.45) is 2.32. The van der Waals surface area contributed by atoms with Crippen molar-refractivity contribution >= 4 is 17.7 Å². The molecule has 0 fully saturated rings. The second-order valence-electron chi connectivity index (χ2n) is 1.80. The van der Waals surface area contributed by atoms with Crippen LogP contribution in [0.4, 0.5) is 0 Å². The maximum Gasteiger partial charge on any atom is 0.323 e. The summed E-state index contributed by atoms with van der Waals surface area (Å²) in [6.45, 7) is 0. The Hall–Kier alpha value is 0.259. The number of aliphatic carboxylic acids is 1. The molecule has 0 amide bonds. The summed E-state index contributed by atoms with van der Waals surface area (Å²) in [5.74, 6) is -0.290. The largest absolute Gasteiger partial charge is 0.480 e. The van der Waals surface area contributed by atoms with Crippen LogP contribution in [-0.4, -0.2) is 34.3 Å². The molecule has 0 rings (SSSR count). The number of hydrogen-bond donors (Lipinski definition) is 3. The van der Waals surface area contributed by atoms with Crippen LogP contribution in [0.3, 0.4) is 0 Å². The molecule has 1 unspecified atom stereocenters. The molecule has 11 heavy (non-hydrogen) atoms. The molecule has 0 aromatic rings. The third kappa shape index (κ3) is 6.65. The van der Waals surface area contributed by atoms with Gasteiger partial charge in [-0.05, 0) is 18.4 Å². The minimum absolute atomic E-state index is 0. The quantitative estimate of drug-likeness (QED) is 0.462. The smallest absolute Gasteiger partial charge is 0.323 e. The van der Waals surface area contributed by atoms with Crippen molar-refractivity contribution in [3.05, 3.63) is 0 Å². The molecule has 3 N–H and O–H groups in total. The first-order valence-electron chi connectivity index (χ1n) is 2.83. The number of carboxylic acid groups (broad SMARTS) is 1. The van der Waals surface area contributed by atoms with E-state index in [0.29, 0.717) is 6.42 Å². The van der Waals surface area contributed by atoms with Gasteiger partial charge in [0.05, 0.1) is 0 Å². The zero-order chi connectivity index (χ0) is 7.98. The van der Waals surface area contributed by atoms with E-state index < -0.39 is 12.0 Å². The molecule has 0 bridgehead atoms. The van der Waals surface area contributed by atoms with Gasteiger partial charge in [-0.25, -0.2) is 0 Å². The van der Waals surface area contributed by atoms with Crippen molar-refractivity contribution in [2.45, 2.75) is 12.5 Å². The molecule has 0 aliphatic heterocycles. The molecular formula is C5H11CuNO3S. The normalized spacial score (nSPS) is 11.8. The minimum Gasteiger partial charge on any atom is -0.480 e. The Morgan fingerprint density at radius 1 is 1.73 bits per heavy atom. The van der Waals surface area contributed by atoms with Crippen molar-refractivity contribution < 1.29 is 32.2 Å². The van der Waals surface area contributed by atoms with Gasteiger partial charge in [0.15, 0.2) is 0 Å². The number of rotatable bonds is 5. The van der Waals surface area contributed by atoms with Crippen molar-refractivity contribution in [2.75, 3.05) is 12.0 Å². The van der Waals surface area contributed by atoms with Crippen LogP contribution >= 0.6 is 11.8 Å². The van der Waals surface area contributed by atoms with Gasteiger partial charge in [0.1, 0.15) is 6.04 Å². The first-order valence-corrected chi connectivity index (χ1v) is 4.23. The molecule has 6 heteroatoms. The SMILES string of the molecule is CSCCC(NO)C(=O)O.[Cu]. The number of carboxylic acids is 1. The maximum absolute atomic E-state index is 10.2. The molecule has 0 saturated heterocycles. The maximum atomic E-state index is 10.2.